The lowest BCUT2D eigenvalue weighted by molar-refractivity contribution is -0.271. The van der Waals surface area contributed by atoms with Crippen molar-refractivity contribution in [2.24, 2.45) is 5.92 Å². The Balaban J connectivity index is 3.01. The van der Waals surface area contributed by atoms with E-state index >= 15 is 0 Å². The summed E-state index contributed by atoms with van der Waals surface area (Å²) in [5.74, 6) is -0.259. The van der Waals surface area contributed by atoms with Crippen LogP contribution in [0.1, 0.15) is 13.8 Å². The molecule has 0 saturated heterocycles. The zero-order valence-corrected chi connectivity index (χ0v) is 12.0. The van der Waals surface area contributed by atoms with Gasteiger partial charge in [-0.15, -0.1) is 0 Å². The summed E-state index contributed by atoms with van der Waals surface area (Å²) < 4.78 is 0. The van der Waals surface area contributed by atoms with E-state index < -0.39 is 0 Å². The first kappa shape index (κ1) is 15.2. The second kappa shape index (κ2) is 6.95. The number of anilines is 1. The van der Waals surface area contributed by atoms with Crippen LogP contribution in [0.4, 0.5) is 5.69 Å². The number of benzene rings is 1. The standard InChI is InChI=1S/C12H15Cl2NO3/c1-8(2)12(16)15(7-18-17-3)9-4-5-10(13)11(14)6-9/h4-6,8H,7H2,1-3H3. The van der Waals surface area contributed by atoms with Crippen molar-refractivity contribution in [3.8, 4) is 0 Å². The maximum Gasteiger partial charge on any atom is 0.231 e. The number of hydrogen-bond donors (Lipinski definition) is 0. The lowest BCUT2D eigenvalue weighted by Gasteiger charge is -2.23. The monoisotopic (exact) mass is 291 g/mol. The molecule has 0 aliphatic carbocycles. The summed E-state index contributed by atoms with van der Waals surface area (Å²) in [6, 6.07) is 4.95. The van der Waals surface area contributed by atoms with Crippen LogP contribution in [0.5, 0.6) is 0 Å². The van der Waals surface area contributed by atoms with Crippen molar-refractivity contribution in [3.05, 3.63) is 28.2 Å². The van der Waals surface area contributed by atoms with Crippen molar-refractivity contribution >= 4 is 34.8 Å². The van der Waals surface area contributed by atoms with Crippen LogP contribution in [0.15, 0.2) is 18.2 Å². The van der Waals surface area contributed by atoms with Crippen molar-refractivity contribution < 1.29 is 14.6 Å². The van der Waals surface area contributed by atoms with Crippen LogP contribution in [0, 0.1) is 5.92 Å². The molecule has 0 bridgehead atoms. The molecule has 100 valence electrons. The fourth-order valence-electron chi connectivity index (χ4n) is 1.34. The molecule has 0 radical (unpaired) electrons. The molecule has 0 saturated carbocycles. The smallest absolute Gasteiger partial charge is 0.231 e. The SMILES string of the molecule is COOCN(C(=O)C(C)C)c1ccc(Cl)c(Cl)c1. The molecule has 0 aromatic heterocycles. The molecule has 0 N–H and O–H groups in total. The Hall–Kier alpha value is -0.810. The van der Waals surface area contributed by atoms with Crippen molar-refractivity contribution in [1.82, 2.24) is 0 Å². The van der Waals surface area contributed by atoms with Crippen LogP contribution in [0.3, 0.4) is 0 Å². The number of amides is 1. The fraction of sp³-hybridized carbons (Fsp3) is 0.417. The minimum Gasteiger partial charge on any atom is -0.285 e. The number of carbonyl (C=O) groups excluding carboxylic acids is 1. The largest absolute Gasteiger partial charge is 0.285 e. The second-order valence-corrected chi connectivity index (χ2v) is 4.75. The van der Waals surface area contributed by atoms with Crippen molar-refractivity contribution in [2.75, 3.05) is 18.7 Å². The van der Waals surface area contributed by atoms with Crippen LogP contribution in [0.2, 0.25) is 10.0 Å². The summed E-state index contributed by atoms with van der Waals surface area (Å²) in [6.07, 6.45) is 0. The molecule has 0 atom stereocenters. The van der Waals surface area contributed by atoms with E-state index in [2.05, 4.69) is 4.89 Å². The summed E-state index contributed by atoms with van der Waals surface area (Å²) in [4.78, 5) is 22.8. The molecule has 1 amide bonds. The summed E-state index contributed by atoms with van der Waals surface area (Å²) in [6.45, 7) is 3.60. The predicted octanol–water partition coefficient (Wildman–Crippen LogP) is 3.52. The molecule has 0 heterocycles. The molecule has 1 rings (SSSR count). The predicted molar refractivity (Wildman–Crippen MR) is 71.7 cm³/mol. The highest BCUT2D eigenvalue weighted by Crippen LogP contribution is 2.28. The lowest BCUT2D eigenvalue weighted by Crippen LogP contribution is -2.36. The highest BCUT2D eigenvalue weighted by Gasteiger charge is 2.20. The van der Waals surface area contributed by atoms with Crippen molar-refractivity contribution in [2.45, 2.75) is 13.8 Å². The molecule has 0 aliphatic rings. The van der Waals surface area contributed by atoms with Gasteiger partial charge in [0.2, 0.25) is 5.91 Å². The number of hydrogen-bond acceptors (Lipinski definition) is 3. The first-order valence-electron chi connectivity index (χ1n) is 5.39. The van der Waals surface area contributed by atoms with Crippen LogP contribution in [0.25, 0.3) is 0 Å². The minimum absolute atomic E-state index is 0.00846. The molecule has 1 aromatic carbocycles. The van der Waals surface area contributed by atoms with Crippen molar-refractivity contribution in [3.63, 3.8) is 0 Å². The zero-order chi connectivity index (χ0) is 13.7. The molecule has 0 aliphatic heterocycles. The van der Waals surface area contributed by atoms with Crippen LogP contribution < -0.4 is 4.90 Å². The van der Waals surface area contributed by atoms with Gasteiger partial charge in [0, 0.05) is 11.6 Å². The molecule has 1 aromatic rings. The summed E-state index contributed by atoms with van der Waals surface area (Å²) in [7, 11) is 1.38. The Morgan fingerprint density at radius 1 is 1.33 bits per heavy atom. The quantitative estimate of drug-likeness (QED) is 0.473. The number of halogens is 2. The maximum absolute atomic E-state index is 12.1. The van der Waals surface area contributed by atoms with E-state index in [1.54, 1.807) is 32.0 Å². The topological polar surface area (TPSA) is 38.8 Å². The van der Waals surface area contributed by atoms with Crippen molar-refractivity contribution in [1.29, 1.82) is 0 Å². The average Bonchev–Trinajstić information content (AvgIpc) is 2.33. The highest BCUT2D eigenvalue weighted by atomic mass is 35.5. The van der Waals surface area contributed by atoms with Crippen LogP contribution in [-0.2, 0) is 14.6 Å². The third-order valence-electron chi connectivity index (χ3n) is 2.27. The van der Waals surface area contributed by atoms with Gasteiger partial charge in [-0.1, -0.05) is 37.0 Å². The Labute approximate surface area is 116 Å². The number of rotatable bonds is 5. The first-order valence-corrected chi connectivity index (χ1v) is 6.15. The lowest BCUT2D eigenvalue weighted by atomic mass is 10.2. The van der Waals surface area contributed by atoms with E-state index in [4.69, 9.17) is 28.1 Å². The minimum atomic E-state index is -0.167. The second-order valence-electron chi connectivity index (χ2n) is 3.93. The zero-order valence-electron chi connectivity index (χ0n) is 10.4. The molecule has 0 unspecified atom stereocenters. The molecular formula is C12H15Cl2NO3. The Morgan fingerprint density at radius 3 is 2.50 bits per heavy atom. The van der Waals surface area contributed by atoms with Gasteiger partial charge in [-0.25, -0.2) is 9.78 Å². The van der Waals surface area contributed by atoms with Gasteiger partial charge in [0.05, 0.1) is 17.2 Å². The van der Waals surface area contributed by atoms with E-state index in [1.165, 1.54) is 12.0 Å². The maximum atomic E-state index is 12.1. The van der Waals surface area contributed by atoms with Gasteiger partial charge in [-0.3, -0.25) is 9.69 Å². The Bertz CT molecular complexity index is 424. The van der Waals surface area contributed by atoms with E-state index in [-0.39, 0.29) is 18.6 Å². The molecule has 0 fully saturated rings. The summed E-state index contributed by atoms with van der Waals surface area (Å²) >= 11 is 11.8. The van der Waals surface area contributed by atoms with Crippen LogP contribution in [-0.4, -0.2) is 19.7 Å². The molecular weight excluding hydrogens is 277 g/mol. The molecule has 4 nitrogen and oxygen atoms in total. The normalized spacial score (nSPS) is 10.8. The number of nitrogens with zero attached hydrogens (tertiary/aromatic N) is 1. The van der Waals surface area contributed by atoms with Gasteiger partial charge in [-0.2, -0.15) is 0 Å². The van der Waals surface area contributed by atoms with Gasteiger partial charge < -0.3 is 0 Å². The third-order valence-corrected chi connectivity index (χ3v) is 3.01. The molecule has 18 heavy (non-hydrogen) atoms. The van der Waals surface area contributed by atoms with Gasteiger partial charge in [0.25, 0.3) is 0 Å². The van der Waals surface area contributed by atoms with Gasteiger partial charge >= 0.3 is 0 Å². The van der Waals surface area contributed by atoms with E-state index in [0.29, 0.717) is 15.7 Å². The number of carbonyl (C=O) groups is 1. The highest BCUT2D eigenvalue weighted by molar-refractivity contribution is 6.42. The van der Waals surface area contributed by atoms with Gasteiger partial charge in [0.1, 0.15) is 0 Å². The molecule has 6 heteroatoms. The van der Waals surface area contributed by atoms with E-state index in [1.807, 2.05) is 0 Å². The van der Waals surface area contributed by atoms with Gasteiger partial charge in [0.15, 0.2) is 6.73 Å². The summed E-state index contributed by atoms with van der Waals surface area (Å²) in [5, 5.41) is 0.818. The van der Waals surface area contributed by atoms with E-state index in [0.717, 1.165) is 0 Å². The average molecular weight is 292 g/mol. The van der Waals surface area contributed by atoms with E-state index in [9.17, 15) is 4.79 Å². The third kappa shape index (κ3) is 3.85. The fourth-order valence-corrected chi connectivity index (χ4v) is 1.63. The summed E-state index contributed by atoms with van der Waals surface area (Å²) in [5.41, 5.74) is 0.611. The Morgan fingerprint density at radius 2 is 2.00 bits per heavy atom. The Kier molecular flexibility index (Phi) is 5.88. The first-order chi connectivity index (χ1) is 8.47. The molecule has 0 spiro atoms. The van der Waals surface area contributed by atoms with Crippen LogP contribution >= 0.6 is 23.2 Å². The van der Waals surface area contributed by atoms with Gasteiger partial charge in [-0.05, 0) is 18.2 Å².